The van der Waals surface area contributed by atoms with Gasteiger partial charge < -0.3 is 20.2 Å². The summed E-state index contributed by atoms with van der Waals surface area (Å²) in [5.74, 6) is -1.82. The lowest BCUT2D eigenvalue weighted by atomic mass is 9.73. The van der Waals surface area contributed by atoms with Crippen LogP contribution >= 0.6 is 11.8 Å². The minimum absolute atomic E-state index is 0.00494. The summed E-state index contributed by atoms with van der Waals surface area (Å²) in [6.45, 7) is 4.39. The molecule has 1 aromatic rings. The maximum absolute atomic E-state index is 13.1. The van der Waals surface area contributed by atoms with Gasteiger partial charge in [0.15, 0.2) is 5.82 Å². The van der Waals surface area contributed by atoms with E-state index in [0.29, 0.717) is 23.7 Å². The van der Waals surface area contributed by atoms with Gasteiger partial charge in [0, 0.05) is 50.2 Å². The quantitative estimate of drug-likeness (QED) is 0.427. The van der Waals surface area contributed by atoms with Crippen LogP contribution in [0.4, 0.5) is 0 Å². The molecule has 3 aliphatic rings. The summed E-state index contributed by atoms with van der Waals surface area (Å²) in [6.07, 6.45) is 0.862. The second-order valence-electron chi connectivity index (χ2n) is 9.82. The lowest BCUT2D eigenvalue weighted by molar-refractivity contribution is -0.160. The predicted molar refractivity (Wildman–Crippen MR) is 126 cm³/mol. The van der Waals surface area contributed by atoms with Gasteiger partial charge in [-0.05, 0) is 22.8 Å². The van der Waals surface area contributed by atoms with Crippen LogP contribution in [-0.4, -0.2) is 96.7 Å². The number of hydrogen-bond acceptors (Lipinski definition) is 9. The molecule has 6 atom stereocenters. The Morgan fingerprint density at radius 3 is 2.63 bits per heavy atom. The van der Waals surface area contributed by atoms with Crippen LogP contribution in [0.3, 0.4) is 0 Å². The van der Waals surface area contributed by atoms with E-state index >= 15 is 0 Å². The zero-order valence-corrected chi connectivity index (χ0v) is 21.3. The fourth-order valence-electron chi connectivity index (χ4n) is 5.37. The summed E-state index contributed by atoms with van der Waals surface area (Å²) in [4.78, 5) is 53.8. The fraction of sp³-hybridized carbons (Fsp3) is 0.682. The second-order valence-corrected chi connectivity index (χ2v) is 11.2. The highest BCUT2D eigenvalue weighted by Gasteiger charge is 2.60. The summed E-state index contributed by atoms with van der Waals surface area (Å²) in [6, 6.07) is -0.585. The lowest BCUT2D eigenvalue weighted by Gasteiger charge is -2.47. The number of carboxylic acid groups (broad SMARTS) is 1. The topological polar surface area (TPSA) is 151 Å². The molecule has 2 N–H and O–H groups in total. The van der Waals surface area contributed by atoms with Gasteiger partial charge in [-0.1, -0.05) is 13.8 Å². The van der Waals surface area contributed by atoms with Crippen molar-refractivity contribution in [3.8, 4) is 0 Å². The molecule has 0 unspecified atom stereocenters. The average molecular weight is 506 g/mol. The van der Waals surface area contributed by atoms with Crippen LogP contribution in [0.5, 0.6) is 0 Å². The van der Waals surface area contributed by atoms with Gasteiger partial charge >= 0.3 is 5.97 Å². The molecule has 0 aromatic carbocycles. The molecule has 2 amide bonds. The van der Waals surface area contributed by atoms with Gasteiger partial charge in [-0.15, -0.1) is 16.9 Å². The SMILES string of the molecule is C[C@@H](CC(=O)Cc1nnnn1C)[C@H]1C(=O)N2C(C(=O)O)=C(S[C@@H]3CN[C@H](C(=O)N(C)C)C3)[C@H](C)[C@H]12. The van der Waals surface area contributed by atoms with Crippen molar-refractivity contribution in [1.29, 1.82) is 0 Å². The summed E-state index contributed by atoms with van der Waals surface area (Å²) in [7, 11) is 5.08. The Hall–Kier alpha value is -2.80. The first-order valence-corrected chi connectivity index (χ1v) is 12.5. The van der Waals surface area contributed by atoms with Gasteiger partial charge in [0.05, 0.1) is 24.4 Å². The number of amides is 2. The minimum Gasteiger partial charge on any atom is -0.477 e. The van der Waals surface area contributed by atoms with Crippen LogP contribution in [0.15, 0.2) is 10.6 Å². The standard InChI is InChI=1S/C22H31N7O5S/c1-10(6-12(30)7-15-24-25-26-28(15)5)16-17-11(2)19(18(22(33)34)29(17)21(16)32)35-13-8-14(23-9-13)20(31)27(3)4/h10-11,13-14,16-17,23H,6-9H2,1-5H3,(H,33,34)/t10-,11+,13-,14-,16+,17+/m0/s1. The van der Waals surface area contributed by atoms with E-state index in [1.54, 1.807) is 26.0 Å². The number of carbonyl (C=O) groups is 4. The maximum Gasteiger partial charge on any atom is 0.353 e. The monoisotopic (exact) mass is 505 g/mol. The molecule has 2 saturated heterocycles. The highest BCUT2D eigenvalue weighted by atomic mass is 32.2. The largest absolute Gasteiger partial charge is 0.477 e. The number of thioether (sulfide) groups is 1. The number of aromatic nitrogens is 4. The number of nitrogens with one attached hydrogen (secondary N) is 1. The number of aliphatic carboxylic acids is 1. The Morgan fingerprint density at radius 1 is 1.31 bits per heavy atom. The van der Waals surface area contributed by atoms with Crippen LogP contribution in [-0.2, 0) is 32.6 Å². The predicted octanol–water partition coefficient (Wildman–Crippen LogP) is -0.327. The fourth-order valence-corrected chi connectivity index (χ4v) is 6.85. The van der Waals surface area contributed by atoms with Gasteiger partial charge in [0.1, 0.15) is 11.5 Å². The third-order valence-electron chi connectivity index (χ3n) is 7.14. The van der Waals surface area contributed by atoms with Crippen molar-refractivity contribution >= 4 is 35.3 Å². The van der Waals surface area contributed by atoms with E-state index in [1.807, 2.05) is 13.8 Å². The van der Waals surface area contributed by atoms with Crippen molar-refractivity contribution in [3.63, 3.8) is 0 Å². The molecule has 4 heterocycles. The highest BCUT2D eigenvalue weighted by Crippen LogP contribution is 2.53. The molecular weight excluding hydrogens is 474 g/mol. The van der Waals surface area contributed by atoms with Crippen molar-refractivity contribution < 1.29 is 24.3 Å². The van der Waals surface area contributed by atoms with E-state index in [-0.39, 0.29) is 65.3 Å². The van der Waals surface area contributed by atoms with Crippen LogP contribution in [0.1, 0.15) is 32.5 Å². The number of tetrazole rings is 1. The molecule has 2 fully saturated rings. The molecule has 190 valence electrons. The van der Waals surface area contributed by atoms with E-state index in [1.165, 1.54) is 21.3 Å². The van der Waals surface area contributed by atoms with Crippen molar-refractivity contribution in [2.45, 2.75) is 50.4 Å². The molecule has 0 aliphatic carbocycles. The minimum atomic E-state index is -1.13. The molecule has 12 nitrogen and oxygen atoms in total. The van der Waals surface area contributed by atoms with Crippen LogP contribution in [0.25, 0.3) is 0 Å². The number of β-lactam (4-membered cyclic amide) rings is 1. The van der Waals surface area contributed by atoms with Crippen LogP contribution in [0, 0.1) is 17.8 Å². The van der Waals surface area contributed by atoms with Gasteiger partial charge in [-0.2, -0.15) is 0 Å². The molecule has 0 radical (unpaired) electrons. The van der Waals surface area contributed by atoms with E-state index in [2.05, 4.69) is 20.8 Å². The molecule has 0 spiro atoms. The Kier molecular flexibility index (Phi) is 7.00. The molecular formula is C22H31N7O5S. The molecule has 13 heteroatoms. The van der Waals surface area contributed by atoms with E-state index in [0.717, 1.165) is 0 Å². The Balaban J connectivity index is 1.44. The van der Waals surface area contributed by atoms with Crippen molar-refractivity contribution in [3.05, 3.63) is 16.4 Å². The smallest absolute Gasteiger partial charge is 0.353 e. The van der Waals surface area contributed by atoms with Crippen molar-refractivity contribution in [2.75, 3.05) is 20.6 Å². The average Bonchev–Trinajstić information content (AvgIpc) is 3.46. The number of nitrogens with zero attached hydrogens (tertiary/aromatic N) is 6. The lowest BCUT2D eigenvalue weighted by Crippen LogP contribution is -2.62. The molecule has 3 aliphatic heterocycles. The van der Waals surface area contributed by atoms with E-state index < -0.39 is 11.9 Å². The van der Waals surface area contributed by atoms with Crippen LogP contribution in [0.2, 0.25) is 0 Å². The zero-order valence-electron chi connectivity index (χ0n) is 20.5. The summed E-state index contributed by atoms with van der Waals surface area (Å²) >= 11 is 1.45. The number of Topliss-reactive ketones (excluding diaryl/α,β-unsaturated/α-hetero) is 1. The van der Waals surface area contributed by atoms with Crippen LogP contribution < -0.4 is 5.32 Å². The number of hydrogen-bond donors (Lipinski definition) is 2. The Labute approximate surface area is 207 Å². The number of fused-ring (bicyclic) bond motifs is 1. The number of carboxylic acids is 1. The van der Waals surface area contributed by atoms with Gasteiger partial charge in [-0.25, -0.2) is 9.48 Å². The maximum atomic E-state index is 13.1. The molecule has 0 saturated carbocycles. The third-order valence-corrected chi connectivity index (χ3v) is 8.65. The second kappa shape index (κ2) is 9.69. The van der Waals surface area contributed by atoms with Gasteiger partial charge in [-0.3, -0.25) is 14.4 Å². The van der Waals surface area contributed by atoms with Gasteiger partial charge in [0.2, 0.25) is 11.8 Å². The summed E-state index contributed by atoms with van der Waals surface area (Å²) < 4.78 is 1.44. The Bertz CT molecular complexity index is 1090. The number of likely N-dealkylation sites (N-methyl/N-ethyl adjacent to an activating group) is 1. The highest BCUT2D eigenvalue weighted by molar-refractivity contribution is 8.03. The third kappa shape index (κ3) is 4.58. The first kappa shape index (κ1) is 25.3. The summed E-state index contributed by atoms with van der Waals surface area (Å²) in [5.41, 5.74) is 0.0415. The normalized spacial score (nSPS) is 28.7. The Morgan fingerprint density at radius 2 is 2.03 bits per heavy atom. The van der Waals surface area contributed by atoms with Crippen molar-refractivity contribution in [1.82, 2.24) is 35.3 Å². The number of rotatable bonds is 9. The molecule has 4 rings (SSSR count). The molecule has 1 aromatic heterocycles. The zero-order chi connectivity index (χ0) is 25.6. The first-order valence-electron chi connectivity index (χ1n) is 11.7. The van der Waals surface area contributed by atoms with E-state index in [9.17, 15) is 24.3 Å². The number of carbonyl (C=O) groups excluding carboxylic acids is 3. The number of ketones is 1. The molecule has 35 heavy (non-hydrogen) atoms. The van der Waals surface area contributed by atoms with Gasteiger partial charge in [0.25, 0.3) is 0 Å². The van der Waals surface area contributed by atoms with E-state index in [4.69, 9.17) is 0 Å². The summed E-state index contributed by atoms with van der Waals surface area (Å²) in [5, 5.41) is 24.3. The first-order chi connectivity index (χ1) is 16.5. The number of aryl methyl sites for hydroxylation is 1. The molecule has 0 bridgehead atoms. The van der Waals surface area contributed by atoms with Crippen molar-refractivity contribution in [2.24, 2.45) is 24.8 Å².